The van der Waals surface area contributed by atoms with Crippen molar-refractivity contribution in [2.24, 2.45) is 11.7 Å². The summed E-state index contributed by atoms with van der Waals surface area (Å²) in [5.41, 5.74) is 4.52. The molecule has 0 saturated carbocycles. The first-order chi connectivity index (χ1) is 16.3. The molecule has 1 heterocycles. The minimum Gasteiger partial charge on any atom is -0.403 e. The lowest BCUT2D eigenvalue weighted by molar-refractivity contribution is 0.103. The number of sulfonamides is 1. The standard InChI is InChI=1S/C25H26ClF2N3O3S/c1-6-17(14(2)3)8-7-15(4)35(33,34)31-22-10-9-21(27)23(24(22)28)25(32)20-13-30-16(5)19(20)11-18(26)12-29/h6-14,30-31H,4-5,29H2,1-3H3/b8-7-,17-6+,18-12+,19-11+. The Morgan fingerprint density at radius 1 is 1.26 bits per heavy atom. The van der Waals surface area contributed by atoms with Gasteiger partial charge in [0.05, 0.1) is 21.2 Å². The lowest BCUT2D eigenvalue weighted by Gasteiger charge is -2.12. The number of carbonyl (C=O) groups excluding carboxylic acids is 1. The smallest absolute Gasteiger partial charge is 0.261 e. The van der Waals surface area contributed by atoms with Gasteiger partial charge in [-0.1, -0.05) is 50.8 Å². The van der Waals surface area contributed by atoms with E-state index in [1.807, 2.05) is 31.6 Å². The number of halogens is 3. The van der Waals surface area contributed by atoms with E-state index >= 15 is 4.39 Å². The molecular weight excluding hydrogens is 496 g/mol. The van der Waals surface area contributed by atoms with E-state index < -0.39 is 38.7 Å². The Labute approximate surface area is 207 Å². The number of H-pyrrole nitrogens is 1. The minimum atomic E-state index is -4.30. The van der Waals surface area contributed by atoms with Crippen LogP contribution < -0.4 is 21.0 Å². The first kappa shape index (κ1) is 27.8. The van der Waals surface area contributed by atoms with Crippen molar-refractivity contribution < 1.29 is 22.0 Å². The molecule has 2 rings (SSSR count). The number of nitrogens with two attached hydrogens (primary N) is 1. The third kappa shape index (κ3) is 6.37. The van der Waals surface area contributed by atoms with E-state index in [2.05, 4.69) is 18.1 Å². The molecule has 10 heteroatoms. The van der Waals surface area contributed by atoms with Crippen LogP contribution in [0.5, 0.6) is 0 Å². The Kier molecular flexibility index (Phi) is 9.00. The number of aromatic amines is 1. The second-order valence-electron chi connectivity index (χ2n) is 7.75. The Bertz CT molecular complexity index is 1470. The third-order valence-corrected chi connectivity index (χ3v) is 6.61. The van der Waals surface area contributed by atoms with Crippen LogP contribution in [0.15, 0.2) is 64.8 Å². The summed E-state index contributed by atoms with van der Waals surface area (Å²) in [6.07, 6.45) is 8.28. The largest absolute Gasteiger partial charge is 0.403 e. The molecule has 0 fully saturated rings. The molecular formula is C25H26ClF2N3O3S. The average molecular weight is 522 g/mol. The number of benzene rings is 1. The van der Waals surface area contributed by atoms with Crippen molar-refractivity contribution in [2.75, 3.05) is 4.72 Å². The van der Waals surface area contributed by atoms with Crippen molar-refractivity contribution >= 4 is 45.7 Å². The summed E-state index contributed by atoms with van der Waals surface area (Å²) in [5.74, 6) is -3.47. The molecule has 0 spiro atoms. The van der Waals surface area contributed by atoms with Gasteiger partial charge in [-0.2, -0.15) is 0 Å². The molecule has 0 saturated heterocycles. The summed E-state index contributed by atoms with van der Waals surface area (Å²) in [6.45, 7) is 12.9. The normalized spacial score (nSPS) is 13.6. The topological polar surface area (TPSA) is 105 Å². The second kappa shape index (κ2) is 11.3. The Morgan fingerprint density at radius 2 is 1.91 bits per heavy atom. The van der Waals surface area contributed by atoms with E-state index in [1.54, 1.807) is 6.08 Å². The number of nitrogens with one attached hydrogen (secondary N) is 2. The van der Waals surface area contributed by atoms with Crippen LogP contribution in [0, 0.1) is 17.6 Å². The summed E-state index contributed by atoms with van der Waals surface area (Å²) < 4.78 is 57.3. The maximum Gasteiger partial charge on any atom is 0.261 e. The molecule has 0 aliphatic heterocycles. The molecule has 4 N–H and O–H groups in total. The van der Waals surface area contributed by atoms with Gasteiger partial charge >= 0.3 is 0 Å². The van der Waals surface area contributed by atoms with Gasteiger partial charge in [0, 0.05) is 28.5 Å². The van der Waals surface area contributed by atoms with E-state index in [0.29, 0.717) is 0 Å². The highest BCUT2D eigenvalue weighted by molar-refractivity contribution is 7.96. The number of rotatable bonds is 9. The zero-order valence-electron chi connectivity index (χ0n) is 19.5. The number of hydrogen-bond acceptors (Lipinski definition) is 4. The first-order valence-corrected chi connectivity index (χ1v) is 12.2. The van der Waals surface area contributed by atoms with Crippen LogP contribution >= 0.6 is 11.6 Å². The highest BCUT2D eigenvalue weighted by Gasteiger charge is 2.25. The number of carbonyl (C=O) groups is 1. The van der Waals surface area contributed by atoms with E-state index in [-0.39, 0.29) is 32.0 Å². The van der Waals surface area contributed by atoms with E-state index in [9.17, 15) is 17.6 Å². The van der Waals surface area contributed by atoms with Crippen LogP contribution in [0.4, 0.5) is 14.5 Å². The van der Waals surface area contributed by atoms with Crippen LogP contribution in [0.25, 0.3) is 12.7 Å². The Morgan fingerprint density at radius 3 is 2.49 bits per heavy atom. The maximum absolute atomic E-state index is 15.3. The number of hydrogen-bond donors (Lipinski definition) is 3. The summed E-state index contributed by atoms with van der Waals surface area (Å²) in [6, 6.07) is 1.67. The van der Waals surface area contributed by atoms with Crippen molar-refractivity contribution in [3.63, 3.8) is 0 Å². The molecule has 0 radical (unpaired) electrons. The summed E-state index contributed by atoms with van der Waals surface area (Å²) in [5, 5.41) is 0.502. The summed E-state index contributed by atoms with van der Waals surface area (Å²) in [7, 11) is -4.30. The van der Waals surface area contributed by atoms with Crippen LogP contribution in [0.2, 0.25) is 0 Å². The highest BCUT2D eigenvalue weighted by Crippen LogP contribution is 2.25. The van der Waals surface area contributed by atoms with Crippen molar-refractivity contribution in [3.8, 4) is 0 Å². The molecule has 186 valence electrons. The van der Waals surface area contributed by atoms with Crippen LogP contribution in [0.3, 0.4) is 0 Å². The van der Waals surface area contributed by atoms with Crippen LogP contribution in [-0.4, -0.2) is 19.2 Å². The fourth-order valence-corrected chi connectivity index (χ4v) is 4.04. The Balaban J connectivity index is 2.50. The fraction of sp³-hybridized carbons (Fsp3) is 0.160. The maximum atomic E-state index is 15.3. The molecule has 2 aromatic rings. The second-order valence-corrected chi connectivity index (χ2v) is 9.92. The van der Waals surface area contributed by atoms with Crippen molar-refractivity contribution in [2.45, 2.75) is 20.8 Å². The number of allylic oxidation sites excluding steroid dienone is 5. The van der Waals surface area contributed by atoms with Gasteiger partial charge in [0.15, 0.2) is 5.82 Å². The molecule has 0 unspecified atom stereocenters. The predicted molar refractivity (Wildman–Crippen MR) is 137 cm³/mol. The molecule has 1 aromatic heterocycles. The van der Waals surface area contributed by atoms with Crippen molar-refractivity contribution in [3.05, 3.63) is 98.2 Å². The van der Waals surface area contributed by atoms with Gasteiger partial charge in [-0.05, 0) is 42.7 Å². The lowest BCUT2D eigenvalue weighted by Crippen LogP contribution is -2.27. The van der Waals surface area contributed by atoms with Crippen LogP contribution in [0.1, 0.15) is 36.7 Å². The van der Waals surface area contributed by atoms with E-state index in [1.165, 1.54) is 18.3 Å². The van der Waals surface area contributed by atoms with Crippen LogP contribution in [-0.2, 0) is 10.0 Å². The molecule has 0 atom stereocenters. The monoisotopic (exact) mass is 521 g/mol. The average Bonchev–Trinajstić information content (AvgIpc) is 3.15. The van der Waals surface area contributed by atoms with Gasteiger partial charge in [0.25, 0.3) is 10.0 Å². The fourth-order valence-electron chi connectivity index (χ4n) is 3.10. The van der Waals surface area contributed by atoms with E-state index in [4.69, 9.17) is 17.3 Å². The zero-order chi connectivity index (χ0) is 26.5. The molecule has 0 aliphatic carbocycles. The van der Waals surface area contributed by atoms with Gasteiger partial charge in [-0.15, -0.1) is 0 Å². The summed E-state index contributed by atoms with van der Waals surface area (Å²) >= 11 is 5.90. The quantitative estimate of drug-likeness (QED) is 0.340. The van der Waals surface area contributed by atoms with Gasteiger partial charge in [0.2, 0.25) is 5.78 Å². The predicted octanol–water partition coefficient (Wildman–Crippen LogP) is 4.17. The van der Waals surface area contributed by atoms with Gasteiger partial charge < -0.3 is 10.7 Å². The van der Waals surface area contributed by atoms with Gasteiger partial charge in [-0.25, -0.2) is 17.2 Å². The van der Waals surface area contributed by atoms with E-state index in [0.717, 1.165) is 23.9 Å². The SMILES string of the molecule is C=C(/C=C\C(=C/C)C(C)C)S(=O)(=O)Nc1ccc(F)c(C(=O)c2c[nH]c(=C)/c2=C\C(Cl)=C/N)c1F. The molecule has 35 heavy (non-hydrogen) atoms. The number of aromatic nitrogens is 1. The highest BCUT2D eigenvalue weighted by atomic mass is 35.5. The zero-order valence-corrected chi connectivity index (χ0v) is 21.0. The lowest BCUT2D eigenvalue weighted by atomic mass is 10.0. The molecule has 0 amide bonds. The van der Waals surface area contributed by atoms with Crippen molar-refractivity contribution in [1.82, 2.24) is 4.98 Å². The Hall–Kier alpha value is -3.43. The number of anilines is 1. The molecule has 1 aromatic carbocycles. The minimum absolute atomic E-state index is 0.0658. The van der Waals surface area contributed by atoms with Gasteiger partial charge in [-0.3, -0.25) is 9.52 Å². The van der Waals surface area contributed by atoms with Crippen molar-refractivity contribution in [1.29, 1.82) is 0 Å². The molecule has 0 bridgehead atoms. The molecule has 0 aliphatic rings. The number of ketones is 1. The first-order valence-electron chi connectivity index (χ1n) is 10.4. The molecule has 6 nitrogen and oxygen atoms in total. The summed E-state index contributed by atoms with van der Waals surface area (Å²) in [4.78, 5) is 15.4. The third-order valence-electron chi connectivity index (χ3n) is 5.06. The van der Waals surface area contributed by atoms with Gasteiger partial charge in [0.1, 0.15) is 5.82 Å².